The normalized spacial score (nSPS) is 29.0. The van der Waals surface area contributed by atoms with E-state index in [0.717, 1.165) is 6.92 Å². The van der Waals surface area contributed by atoms with Gasteiger partial charge in [-0.3, -0.25) is 0 Å². The molecule has 0 spiro atoms. The molecule has 3 heteroatoms. The van der Waals surface area contributed by atoms with Crippen LogP contribution in [0, 0.1) is 11.3 Å². The summed E-state index contributed by atoms with van der Waals surface area (Å²) < 4.78 is 48.6. The smallest absolute Gasteiger partial charge is 0.185 e. The van der Waals surface area contributed by atoms with Crippen LogP contribution in [-0.4, -0.2) is 13.9 Å². The lowest BCUT2D eigenvalue weighted by Crippen LogP contribution is -2.37. The zero-order chi connectivity index (χ0) is 13.4. The van der Waals surface area contributed by atoms with E-state index >= 15 is 0 Å². The molecule has 0 fully saturated rings. The Hall–Kier alpha value is -0.333. The van der Waals surface area contributed by atoms with Gasteiger partial charge < -0.3 is 4.43 Å². The highest BCUT2D eigenvalue weighted by Gasteiger charge is 2.26. The summed E-state index contributed by atoms with van der Waals surface area (Å²) in [6.07, 6.45) is 0. The van der Waals surface area contributed by atoms with E-state index in [1.54, 1.807) is 6.07 Å². The van der Waals surface area contributed by atoms with Crippen LogP contribution in [0.1, 0.15) is 22.0 Å². The second-order valence-electron chi connectivity index (χ2n) is 2.76. The van der Waals surface area contributed by atoms with Gasteiger partial charge in [0.1, 0.15) is 5.60 Å². The van der Waals surface area contributed by atoms with Gasteiger partial charge in [-0.05, 0) is 33.3 Å². The number of hydrogen-bond donors (Lipinski definition) is 0. The van der Waals surface area contributed by atoms with Crippen LogP contribution in [0.2, 0.25) is 19.6 Å². The number of hydrogen-bond acceptors (Lipinski definition) is 2. The van der Waals surface area contributed by atoms with Crippen LogP contribution < -0.4 is 0 Å². The van der Waals surface area contributed by atoms with E-state index in [0.29, 0.717) is 0 Å². The van der Waals surface area contributed by atoms with Crippen molar-refractivity contribution in [2.24, 2.45) is 0 Å². The van der Waals surface area contributed by atoms with Crippen molar-refractivity contribution in [3.05, 3.63) is 0 Å². The number of rotatable bonds is 2. The highest BCUT2D eigenvalue weighted by atomic mass is 28.4. The van der Waals surface area contributed by atoms with E-state index in [1.807, 2.05) is 0 Å². The molecule has 0 saturated carbocycles. The van der Waals surface area contributed by atoms with E-state index in [-0.39, 0.29) is 0 Å². The van der Waals surface area contributed by atoms with E-state index in [4.69, 9.17) is 17.9 Å². The van der Waals surface area contributed by atoms with Gasteiger partial charge in [-0.1, -0.05) is 0 Å². The molecule has 0 aliphatic heterocycles. The van der Waals surface area contributed by atoms with Gasteiger partial charge in [0, 0.05) is 8.22 Å². The zero-order valence-electron chi connectivity index (χ0n) is 12.4. The van der Waals surface area contributed by atoms with Crippen LogP contribution in [-0.2, 0) is 4.43 Å². The first-order chi connectivity index (χ1) is 6.77. The molecule has 0 heterocycles. The Morgan fingerprint density at radius 3 is 2.60 bits per heavy atom. The van der Waals surface area contributed by atoms with Gasteiger partial charge in [-0.15, -0.1) is 0 Å². The Balaban J connectivity index is 5.19. The Kier molecular flexibility index (Phi) is 0.921. The van der Waals surface area contributed by atoms with Gasteiger partial charge in [0.2, 0.25) is 0 Å². The average molecular weight is 163 g/mol. The van der Waals surface area contributed by atoms with Crippen LogP contribution in [0.3, 0.4) is 0 Å². The van der Waals surface area contributed by atoms with Gasteiger partial charge in [0.15, 0.2) is 8.32 Å². The first kappa shape index (κ1) is 3.38. The van der Waals surface area contributed by atoms with Crippen LogP contribution in [0.25, 0.3) is 0 Å². The van der Waals surface area contributed by atoms with E-state index in [1.165, 1.54) is 13.1 Å². The molecule has 0 N–H and O–H groups in total. The molecule has 0 radical (unpaired) electrons. The third-order valence-corrected chi connectivity index (χ3v) is 1.59. The maximum absolute atomic E-state index is 8.85. The van der Waals surface area contributed by atoms with Gasteiger partial charge in [0.05, 0.1) is 6.07 Å². The molecule has 0 rings (SSSR count). The molecular weight excluding hydrogens is 142 g/mol. The molecule has 0 aromatic carbocycles. The second-order valence-corrected chi connectivity index (χ2v) is 5.98. The molecule has 0 aliphatic carbocycles. The van der Waals surface area contributed by atoms with Crippen LogP contribution in [0.15, 0.2) is 0 Å². The monoisotopic (exact) mass is 163 g/mol. The minimum atomic E-state index is -3.25. The predicted molar refractivity (Wildman–Crippen MR) is 44.1 cm³/mol. The summed E-state index contributed by atoms with van der Waals surface area (Å²) in [5.41, 5.74) is -2.07. The van der Waals surface area contributed by atoms with Crippen molar-refractivity contribution in [3.63, 3.8) is 0 Å². The molecule has 0 bridgehead atoms. The van der Waals surface area contributed by atoms with Gasteiger partial charge in [0.25, 0.3) is 0 Å². The lowest BCUT2D eigenvalue weighted by Gasteiger charge is -2.26. The fraction of sp³-hybridized carbons (Fsp3) is 0.857. The molecule has 10 heavy (non-hydrogen) atoms. The van der Waals surface area contributed by atoms with Crippen LogP contribution >= 0.6 is 0 Å². The van der Waals surface area contributed by atoms with Crippen molar-refractivity contribution in [1.82, 2.24) is 0 Å². The molecule has 0 aliphatic rings. The maximum Gasteiger partial charge on any atom is 0.185 e. The summed E-state index contributed by atoms with van der Waals surface area (Å²) in [7, 11) is -3.25. The molecule has 0 saturated heterocycles. The van der Waals surface area contributed by atoms with Crippen molar-refractivity contribution >= 4 is 8.32 Å². The Morgan fingerprint density at radius 2 is 2.30 bits per heavy atom. The Morgan fingerprint density at radius 1 is 1.70 bits per heavy atom. The maximum atomic E-state index is 8.85. The Bertz CT molecular complexity index is 303. The summed E-state index contributed by atoms with van der Waals surface area (Å²) in [4.78, 5) is 0. The van der Waals surface area contributed by atoms with Crippen LogP contribution in [0.4, 0.5) is 0 Å². The zero-order valence-corrected chi connectivity index (χ0v) is 7.36. The average Bonchev–Trinajstić information content (AvgIpc) is 1.99. The predicted octanol–water partition coefficient (Wildman–Crippen LogP) is 2.14. The highest BCUT2D eigenvalue weighted by Crippen LogP contribution is 2.15. The largest absolute Gasteiger partial charge is 0.400 e. The summed E-state index contributed by atoms with van der Waals surface area (Å²) in [6.45, 7) is -1.18. The topological polar surface area (TPSA) is 33.0 Å². The lowest BCUT2D eigenvalue weighted by atomic mass is 10.2. The standard InChI is InChI=1S/C7H15NOSi/c1-7(2,6-8)9-10(3,4)5/h1-5H3/i1D3,3D3. The first-order valence-electron chi connectivity index (χ1n) is 5.88. The van der Waals surface area contributed by atoms with E-state index < -0.39 is 27.2 Å². The third kappa shape index (κ3) is 4.54. The third-order valence-electron chi connectivity index (χ3n) is 0.673. The van der Waals surface area contributed by atoms with Crippen molar-refractivity contribution in [2.45, 2.75) is 38.9 Å². The van der Waals surface area contributed by atoms with Gasteiger partial charge >= 0.3 is 0 Å². The molecule has 0 aromatic rings. The SMILES string of the molecule is [2H]C([2H])([2H])C(C)(C#N)O[Si](C)(C)C([2H])([2H])[2H]. The molecule has 58 valence electrons. The molecule has 2 nitrogen and oxygen atoms in total. The summed E-state index contributed by atoms with van der Waals surface area (Å²) in [6, 6.07) is 1.55. The molecule has 0 amide bonds. The van der Waals surface area contributed by atoms with E-state index in [9.17, 15) is 0 Å². The second kappa shape index (κ2) is 2.73. The van der Waals surface area contributed by atoms with Gasteiger partial charge in [-0.2, -0.15) is 5.26 Å². The summed E-state index contributed by atoms with van der Waals surface area (Å²) in [5, 5.41) is 8.85. The fourth-order valence-electron chi connectivity index (χ4n) is 0.533. The number of nitrogens with zero attached hydrogens (tertiary/aromatic N) is 1. The van der Waals surface area contributed by atoms with Gasteiger partial charge in [-0.25, -0.2) is 0 Å². The van der Waals surface area contributed by atoms with Crippen molar-refractivity contribution in [1.29, 1.82) is 5.26 Å². The van der Waals surface area contributed by atoms with Crippen LogP contribution in [0.5, 0.6) is 0 Å². The quantitative estimate of drug-likeness (QED) is 0.584. The summed E-state index contributed by atoms with van der Waals surface area (Å²) in [5.74, 6) is 0. The van der Waals surface area contributed by atoms with Crippen molar-refractivity contribution < 1.29 is 12.7 Å². The Labute approximate surface area is 72.4 Å². The fourth-order valence-corrected chi connectivity index (χ4v) is 1.60. The molecule has 0 aromatic heterocycles. The molecular formula is C7H15NOSi. The van der Waals surface area contributed by atoms with Crippen molar-refractivity contribution in [3.8, 4) is 6.07 Å². The minimum absolute atomic E-state index is 1.10. The summed E-state index contributed by atoms with van der Waals surface area (Å²) >= 11 is 0. The first-order valence-corrected chi connectivity index (χ1v) is 5.79. The van der Waals surface area contributed by atoms with Crippen molar-refractivity contribution in [2.75, 3.05) is 0 Å². The minimum Gasteiger partial charge on any atom is -0.400 e. The molecule has 1 atom stereocenters. The lowest BCUT2D eigenvalue weighted by molar-refractivity contribution is 0.162. The highest BCUT2D eigenvalue weighted by molar-refractivity contribution is 6.69. The molecule has 1 unspecified atom stereocenters. The number of nitriles is 1. The van der Waals surface area contributed by atoms with E-state index in [2.05, 4.69) is 0 Å².